The summed E-state index contributed by atoms with van der Waals surface area (Å²) in [5.41, 5.74) is 0. The first-order valence-corrected chi connectivity index (χ1v) is 3.22. The van der Waals surface area contributed by atoms with E-state index in [1.54, 1.807) is 0 Å². The topological polar surface area (TPSA) is 18.5 Å². The largest absolute Gasteiger partial charge is 0.356 e. The van der Waals surface area contributed by atoms with Gasteiger partial charge in [0.2, 0.25) is 0 Å². The van der Waals surface area contributed by atoms with Crippen molar-refractivity contribution < 1.29 is 9.47 Å². The van der Waals surface area contributed by atoms with Gasteiger partial charge in [0.15, 0.2) is 0 Å². The van der Waals surface area contributed by atoms with Gasteiger partial charge >= 0.3 is 0 Å². The molecule has 0 fully saturated rings. The summed E-state index contributed by atoms with van der Waals surface area (Å²) >= 11 is 0. The monoisotopic (exact) mass is 131 g/mol. The van der Waals surface area contributed by atoms with E-state index < -0.39 is 0 Å². The van der Waals surface area contributed by atoms with Crippen LogP contribution in [0.4, 0.5) is 0 Å². The minimum absolute atomic E-state index is 0.418. The molecule has 0 saturated carbocycles. The van der Waals surface area contributed by atoms with Crippen molar-refractivity contribution in [2.75, 3.05) is 20.0 Å². The fourth-order valence-electron chi connectivity index (χ4n) is 0.388. The highest BCUT2D eigenvalue weighted by Gasteiger charge is 1.91. The molecule has 0 aromatic heterocycles. The maximum absolute atomic E-state index is 5.08. The van der Waals surface area contributed by atoms with Crippen LogP contribution in [0.1, 0.15) is 20.8 Å². The van der Waals surface area contributed by atoms with Gasteiger partial charge in [0.1, 0.15) is 6.79 Å². The molecule has 0 aliphatic heterocycles. The van der Waals surface area contributed by atoms with E-state index in [-0.39, 0.29) is 0 Å². The normalized spacial score (nSPS) is 10.7. The van der Waals surface area contributed by atoms with Gasteiger partial charge in [0, 0.05) is 6.61 Å². The third-order valence-electron chi connectivity index (χ3n) is 0.762. The van der Waals surface area contributed by atoms with E-state index in [9.17, 15) is 0 Å². The van der Waals surface area contributed by atoms with Crippen molar-refractivity contribution in [1.29, 1.82) is 0 Å². The molecule has 0 saturated heterocycles. The second kappa shape index (κ2) is 6.05. The molecular weight excluding hydrogens is 116 g/mol. The van der Waals surface area contributed by atoms with Crippen LogP contribution in [-0.4, -0.2) is 20.0 Å². The molecule has 0 aliphatic carbocycles. The number of hydrogen-bond donors (Lipinski definition) is 0. The van der Waals surface area contributed by atoms with Crippen LogP contribution in [-0.2, 0) is 9.47 Å². The molecule has 9 heavy (non-hydrogen) atoms. The van der Waals surface area contributed by atoms with Crippen molar-refractivity contribution >= 4 is 0 Å². The van der Waals surface area contributed by atoms with Crippen LogP contribution in [0.3, 0.4) is 0 Å². The summed E-state index contributed by atoms with van der Waals surface area (Å²) in [4.78, 5) is 0. The predicted octanol–water partition coefficient (Wildman–Crippen LogP) is 1.61. The maximum atomic E-state index is 5.08. The van der Waals surface area contributed by atoms with Crippen LogP contribution in [0.15, 0.2) is 0 Å². The molecular formula is C7H15O2. The first kappa shape index (κ1) is 8.92. The summed E-state index contributed by atoms with van der Waals surface area (Å²) in [5, 5.41) is 0. The van der Waals surface area contributed by atoms with E-state index in [0.717, 1.165) is 6.61 Å². The minimum atomic E-state index is 0.418. The molecule has 2 nitrogen and oxygen atoms in total. The Kier molecular flexibility index (Phi) is 5.99. The molecule has 0 bridgehead atoms. The summed E-state index contributed by atoms with van der Waals surface area (Å²) in [5.74, 6) is 1.27. The van der Waals surface area contributed by atoms with Gasteiger partial charge < -0.3 is 9.47 Å². The van der Waals surface area contributed by atoms with Crippen molar-refractivity contribution in [3.8, 4) is 0 Å². The number of ether oxygens (including phenoxy) is 2. The molecule has 0 rings (SSSR count). The average molecular weight is 131 g/mol. The van der Waals surface area contributed by atoms with E-state index in [4.69, 9.17) is 9.47 Å². The van der Waals surface area contributed by atoms with Crippen molar-refractivity contribution in [3.05, 3.63) is 5.92 Å². The molecule has 0 N–H and O–H groups in total. The Hall–Kier alpha value is -0.0800. The molecule has 0 aliphatic rings. The second-order valence-electron chi connectivity index (χ2n) is 2.17. The van der Waals surface area contributed by atoms with Crippen LogP contribution in [0.5, 0.6) is 0 Å². The smallest absolute Gasteiger partial charge is 0.146 e. The molecule has 2 heteroatoms. The summed E-state index contributed by atoms with van der Waals surface area (Å²) in [6, 6.07) is 0. The Morgan fingerprint density at radius 1 is 1.22 bits per heavy atom. The van der Waals surface area contributed by atoms with Gasteiger partial charge in [-0.2, -0.15) is 0 Å². The van der Waals surface area contributed by atoms with Gasteiger partial charge in [-0.1, -0.05) is 13.8 Å². The molecule has 0 aromatic carbocycles. The Morgan fingerprint density at radius 3 is 2.33 bits per heavy atom. The zero-order chi connectivity index (χ0) is 7.11. The van der Waals surface area contributed by atoms with Gasteiger partial charge in [0.25, 0.3) is 0 Å². The zero-order valence-corrected chi connectivity index (χ0v) is 6.44. The van der Waals surface area contributed by atoms with E-state index in [0.29, 0.717) is 13.4 Å². The van der Waals surface area contributed by atoms with Gasteiger partial charge in [-0.05, 0) is 12.8 Å². The van der Waals surface area contributed by atoms with E-state index in [1.165, 1.54) is 5.92 Å². The van der Waals surface area contributed by atoms with E-state index in [1.807, 2.05) is 20.8 Å². The molecule has 0 unspecified atom stereocenters. The summed E-state index contributed by atoms with van der Waals surface area (Å²) < 4.78 is 10.0. The van der Waals surface area contributed by atoms with Crippen molar-refractivity contribution in [2.24, 2.45) is 0 Å². The van der Waals surface area contributed by atoms with Crippen molar-refractivity contribution in [1.82, 2.24) is 0 Å². The molecule has 0 amide bonds. The highest BCUT2D eigenvalue weighted by Crippen LogP contribution is 1.94. The Balaban J connectivity index is 2.75. The Morgan fingerprint density at radius 2 is 1.89 bits per heavy atom. The quantitative estimate of drug-likeness (QED) is 0.417. The maximum Gasteiger partial charge on any atom is 0.146 e. The van der Waals surface area contributed by atoms with Gasteiger partial charge in [-0.15, -0.1) is 0 Å². The Bertz CT molecular complexity index is 52.9. The van der Waals surface area contributed by atoms with Crippen LogP contribution in [0.2, 0.25) is 0 Å². The van der Waals surface area contributed by atoms with E-state index >= 15 is 0 Å². The lowest BCUT2D eigenvalue weighted by atomic mass is 10.2. The van der Waals surface area contributed by atoms with Crippen LogP contribution < -0.4 is 0 Å². The standard InChI is InChI=1S/C7H15O2/c1-4-8-6-9-5-7(2)3/h4-6H2,1-3H3. The van der Waals surface area contributed by atoms with Gasteiger partial charge in [-0.25, -0.2) is 0 Å². The van der Waals surface area contributed by atoms with Gasteiger partial charge in [0.05, 0.1) is 6.61 Å². The predicted molar refractivity (Wildman–Crippen MR) is 37.0 cm³/mol. The second-order valence-corrected chi connectivity index (χ2v) is 2.17. The fourth-order valence-corrected chi connectivity index (χ4v) is 0.388. The first-order valence-electron chi connectivity index (χ1n) is 3.22. The van der Waals surface area contributed by atoms with E-state index in [2.05, 4.69) is 0 Å². The zero-order valence-electron chi connectivity index (χ0n) is 6.44. The summed E-state index contributed by atoms with van der Waals surface area (Å²) in [6.45, 7) is 7.87. The lowest BCUT2D eigenvalue weighted by molar-refractivity contribution is -0.0450. The van der Waals surface area contributed by atoms with Crippen molar-refractivity contribution in [2.45, 2.75) is 20.8 Å². The third kappa shape index (κ3) is 7.92. The molecule has 55 valence electrons. The van der Waals surface area contributed by atoms with Gasteiger partial charge in [-0.3, -0.25) is 0 Å². The van der Waals surface area contributed by atoms with Crippen LogP contribution in [0, 0.1) is 5.92 Å². The third-order valence-corrected chi connectivity index (χ3v) is 0.762. The highest BCUT2D eigenvalue weighted by atomic mass is 16.7. The average Bonchev–Trinajstić information content (AvgIpc) is 1.80. The van der Waals surface area contributed by atoms with Crippen LogP contribution >= 0.6 is 0 Å². The summed E-state index contributed by atoms with van der Waals surface area (Å²) in [6.07, 6.45) is 0. The minimum Gasteiger partial charge on any atom is -0.356 e. The fraction of sp³-hybridized carbons (Fsp3) is 0.857. The lowest BCUT2D eigenvalue weighted by Crippen LogP contribution is -2.04. The first-order chi connectivity index (χ1) is 4.27. The molecule has 1 radical (unpaired) electrons. The van der Waals surface area contributed by atoms with Crippen LogP contribution in [0.25, 0.3) is 0 Å². The van der Waals surface area contributed by atoms with Crippen molar-refractivity contribution in [3.63, 3.8) is 0 Å². The highest BCUT2D eigenvalue weighted by molar-refractivity contribution is 4.74. The molecule has 0 aromatic rings. The lowest BCUT2D eigenvalue weighted by Gasteiger charge is -2.04. The SMILES string of the molecule is CCOCOC[C](C)C. The Labute approximate surface area is 57.2 Å². The molecule has 0 spiro atoms. The molecule has 0 heterocycles. The summed E-state index contributed by atoms with van der Waals surface area (Å²) in [7, 11) is 0. The molecule has 0 atom stereocenters. The number of rotatable bonds is 5. The number of hydrogen-bond acceptors (Lipinski definition) is 2.